The van der Waals surface area contributed by atoms with Gasteiger partial charge in [0.1, 0.15) is 0 Å². The van der Waals surface area contributed by atoms with E-state index in [9.17, 15) is 18.0 Å². The summed E-state index contributed by atoms with van der Waals surface area (Å²) in [6.45, 7) is 7.11. The first-order valence-corrected chi connectivity index (χ1v) is 12.7. The number of nitrogens with zero attached hydrogens (tertiary/aromatic N) is 1. The highest BCUT2D eigenvalue weighted by Crippen LogP contribution is 2.16. The molecule has 1 aliphatic rings. The fourth-order valence-electron chi connectivity index (χ4n) is 3.80. The Labute approximate surface area is 195 Å². The molecule has 2 aromatic carbocycles. The van der Waals surface area contributed by atoms with Crippen LogP contribution in [-0.4, -0.2) is 56.2 Å². The first-order valence-electron chi connectivity index (χ1n) is 11.1. The van der Waals surface area contributed by atoms with Gasteiger partial charge < -0.3 is 15.0 Å². The summed E-state index contributed by atoms with van der Waals surface area (Å²) in [5, 5.41) is 2.83. The lowest BCUT2D eigenvalue weighted by Gasteiger charge is -2.35. The Morgan fingerprint density at radius 1 is 1.03 bits per heavy atom. The van der Waals surface area contributed by atoms with Crippen molar-refractivity contribution in [2.24, 2.45) is 0 Å². The number of carbonyl (C=O) groups excluding carboxylic acids is 2. The van der Waals surface area contributed by atoms with E-state index in [4.69, 9.17) is 4.74 Å². The quantitative estimate of drug-likeness (QED) is 0.613. The third-order valence-corrected chi connectivity index (χ3v) is 6.72. The fraction of sp³-hybridized carbons (Fsp3) is 0.417. The Kier molecular flexibility index (Phi) is 8.10. The molecule has 2 unspecified atom stereocenters. The molecule has 3 rings (SSSR count). The monoisotopic (exact) mass is 473 g/mol. The fourth-order valence-corrected chi connectivity index (χ4v) is 4.92. The van der Waals surface area contributed by atoms with E-state index in [2.05, 4.69) is 10.0 Å². The van der Waals surface area contributed by atoms with Crippen molar-refractivity contribution in [2.45, 2.75) is 45.9 Å². The zero-order valence-corrected chi connectivity index (χ0v) is 20.0. The lowest BCUT2D eigenvalue weighted by molar-refractivity contribution is -0.0586. The molecule has 2 atom stereocenters. The molecule has 2 amide bonds. The first kappa shape index (κ1) is 24.7. The van der Waals surface area contributed by atoms with E-state index in [1.54, 1.807) is 42.2 Å². The summed E-state index contributed by atoms with van der Waals surface area (Å²) in [7, 11) is -3.43. The summed E-state index contributed by atoms with van der Waals surface area (Å²) < 4.78 is 32.1. The number of ether oxygens (including phenoxy) is 1. The molecule has 8 nitrogen and oxygen atoms in total. The van der Waals surface area contributed by atoms with Crippen LogP contribution in [0.4, 0.5) is 5.69 Å². The van der Waals surface area contributed by atoms with Gasteiger partial charge in [-0.25, -0.2) is 8.42 Å². The zero-order valence-electron chi connectivity index (χ0n) is 19.2. The van der Waals surface area contributed by atoms with Crippen LogP contribution >= 0.6 is 0 Å². The average Bonchev–Trinajstić information content (AvgIpc) is 2.76. The summed E-state index contributed by atoms with van der Waals surface area (Å²) in [5.74, 6) is -0.330. The molecule has 2 aromatic rings. The summed E-state index contributed by atoms with van der Waals surface area (Å²) >= 11 is 0. The van der Waals surface area contributed by atoms with Crippen LogP contribution in [0.2, 0.25) is 0 Å². The van der Waals surface area contributed by atoms with Gasteiger partial charge in [0, 0.05) is 36.4 Å². The lowest BCUT2D eigenvalue weighted by Crippen LogP contribution is -2.48. The van der Waals surface area contributed by atoms with E-state index in [-0.39, 0.29) is 36.3 Å². The van der Waals surface area contributed by atoms with Crippen LogP contribution in [0.3, 0.4) is 0 Å². The van der Waals surface area contributed by atoms with Crippen LogP contribution in [0.5, 0.6) is 0 Å². The molecule has 0 aromatic heterocycles. The van der Waals surface area contributed by atoms with E-state index < -0.39 is 10.0 Å². The van der Waals surface area contributed by atoms with Crippen molar-refractivity contribution in [1.29, 1.82) is 0 Å². The van der Waals surface area contributed by atoms with Gasteiger partial charge in [0.2, 0.25) is 10.0 Å². The maximum atomic E-state index is 12.8. The molecule has 178 valence electrons. The first-order chi connectivity index (χ1) is 15.7. The third kappa shape index (κ3) is 7.03. The van der Waals surface area contributed by atoms with Crippen LogP contribution in [0, 0.1) is 0 Å². The van der Waals surface area contributed by atoms with Crippen LogP contribution in [0.25, 0.3) is 0 Å². The van der Waals surface area contributed by atoms with E-state index >= 15 is 0 Å². The van der Waals surface area contributed by atoms with Crippen LogP contribution in [-0.2, 0) is 21.3 Å². The molecule has 0 saturated carbocycles. The van der Waals surface area contributed by atoms with Gasteiger partial charge in [-0.3, -0.25) is 14.3 Å². The highest BCUT2D eigenvalue weighted by atomic mass is 32.2. The lowest BCUT2D eigenvalue weighted by atomic mass is 10.1. The predicted molar refractivity (Wildman–Crippen MR) is 128 cm³/mol. The SMILES string of the molecule is CCCS(=O)(=O)Nc1cccc(C(=O)NCc2ccc(C(=O)N3CC(C)OC(C)C3)cc2)c1. The van der Waals surface area contributed by atoms with Crippen LogP contribution < -0.4 is 10.0 Å². The van der Waals surface area contributed by atoms with Gasteiger partial charge in [-0.15, -0.1) is 0 Å². The van der Waals surface area contributed by atoms with Gasteiger partial charge in [-0.05, 0) is 56.2 Å². The number of nitrogens with one attached hydrogen (secondary N) is 2. The van der Waals surface area contributed by atoms with Crippen molar-refractivity contribution in [3.63, 3.8) is 0 Å². The highest BCUT2D eigenvalue weighted by Gasteiger charge is 2.26. The van der Waals surface area contributed by atoms with Crippen LogP contribution in [0.1, 0.15) is 53.5 Å². The Bertz CT molecular complexity index is 1080. The summed E-state index contributed by atoms with van der Waals surface area (Å²) in [5.41, 5.74) is 2.15. The molecule has 0 bridgehead atoms. The van der Waals surface area contributed by atoms with Gasteiger partial charge in [0.15, 0.2) is 0 Å². The van der Waals surface area contributed by atoms with E-state index in [1.165, 1.54) is 6.07 Å². The molecule has 1 saturated heterocycles. The number of amides is 2. The molecular weight excluding hydrogens is 442 g/mol. The van der Waals surface area contributed by atoms with Crippen molar-refractivity contribution >= 4 is 27.5 Å². The molecule has 1 heterocycles. The van der Waals surface area contributed by atoms with E-state index in [0.29, 0.717) is 36.3 Å². The van der Waals surface area contributed by atoms with Crippen molar-refractivity contribution in [3.8, 4) is 0 Å². The van der Waals surface area contributed by atoms with Gasteiger partial charge in [0.25, 0.3) is 11.8 Å². The topological polar surface area (TPSA) is 105 Å². The number of benzene rings is 2. The number of anilines is 1. The standard InChI is InChI=1S/C24H31N3O5S/c1-4-12-33(30,31)26-22-7-5-6-21(13-22)23(28)25-14-19-8-10-20(11-9-19)24(29)27-15-17(2)32-18(3)16-27/h5-11,13,17-18,26H,4,12,14-16H2,1-3H3,(H,25,28). The normalized spacial score (nSPS) is 18.6. The van der Waals surface area contributed by atoms with E-state index in [0.717, 1.165) is 5.56 Å². The number of hydrogen-bond donors (Lipinski definition) is 2. The van der Waals surface area contributed by atoms with E-state index in [1.807, 2.05) is 26.0 Å². The molecule has 0 spiro atoms. The Morgan fingerprint density at radius 3 is 2.33 bits per heavy atom. The van der Waals surface area contributed by atoms with Gasteiger partial charge in [-0.1, -0.05) is 25.1 Å². The summed E-state index contributed by atoms with van der Waals surface area (Å²) in [4.78, 5) is 27.1. The van der Waals surface area contributed by atoms with Crippen molar-refractivity contribution < 1.29 is 22.7 Å². The molecule has 1 aliphatic heterocycles. The highest BCUT2D eigenvalue weighted by molar-refractivity contribution is 7.92. The summed E-state index contributed by atoms with van der Waals surface area (Å²) in [6.07, 6.45) is 0.519. The smallest absolute Gasteiger partial charge is 0.254 e. The number of sulfonamides is 1. The van der Waals surface area contributed by atoms with Crippen molar-refractivity contribution in [3.05, 3.63) is 65.2 Å². The minimum absolute atomic E-state index is 0.00707. The zero-order chi connectivity index (χ0) is 24.0. The van der Waals surface area contributed by atoms with Crippen LogP contribution in [0.15, 0.2) is 48.5 Å². The molecule has 2 N–H and O–H groups in total. The second kappa shape index (κ2) is 10.8. The molecule has 33 heavy (non-hydrogen) atoms. The number of morpholine rings is 1. The number of rotatable bonds is 8. The average molecular weight is 474 g/mol. The minimum atomic E-state index is -3.43. The minimum Gasteiger partial charge on any atom is -0.372 e. The van der Waals surface area contributed by atoms with Crippen molar-refractivity contribution in [2.75, 3.05) is 23.6 Å². The molecule has 0 aliphatic carbocycles. The number of hydrogen-bond acceptors (Lipinski definition) is 5. The Balaban J connectivity index is 1.57. The molecular formula is C24H31N3O5S. The third-order valence-electron chi connectivity index (χ3n) is 5.23. The molecule has 1 fully saturated rings. The maximum Gasteiger partial charge on any atom is 0.254 e. The van der Waals surface area contributed by atoms with Gasteiger partial charge in [0.05, 0.1) is 18.0 Å². The second-order valence-corrected chi connectivity index (χ2v) is 10.2. The largest absolute Gasteiger partial charge is 0.372 e. The number of carbonyl (C=O) groups is 2. The van der Waals surface area contributed by atoms with Gasteiger partial charge >= 0.3 is 0 Å². The predicted octanol–water partition coefficient (Wildman–Crippen LogP) is 3.02. The van der Waals surface area contributed by atoms with Crippen molar-refractivity contribution in [1.82, 2.24) is 10.2 Å². The maximum absolute atomic E-state index is 12.8. The second-order valence-electron chi connectivity index (χ2n) is 8.35. The Hall–Kier alpha value is -2.91. The molecule has 9 heteroatoms. The summed E-state index contributed by atoms with van der Waals surface area (Å²) in [6, 6.07) is 13.5. The molecule has 0 radical (unpaired) electrons. The van der Waals surface area contributed by atoms with Gasteiger partial charge in [-0.2, -0.15) is 0 Å². The Morgan fingerprint density at radius 2 is 1.70 bits per heavy atom.